The molecule has 0 aliphatic carbocycles. The molecule has 8 heterocycles. The fourth-order valence-corrected chi connectivity index (χ4v) is 13.4. The summed E-state index contributed by atoms with van der Waals surface area (Å²) in [5.74, 6) is -2.94. The Morgan fingerprint density at radius 2 is 1.44 bits per heavy atom. The number of thiazole rings is 6. The molecule has 7 aromatic heterocycles. The largest absolute Gasteiger partial charge is 0.447 e. The summed E-state index contributed by atoms with van der Waals surface area (Å²) in [5.41, 5.74) is 2.65. The highest BCUT2D eigenvalue weighted by molar-refractivity contribution is 7.15. The SMILES string of the molecule is CNC(=O)C[C@@H]1NC(=O)c2csc(n2)-c2ccc(-c3nc(NC(=O)OCCO)cs3)nc2-c2csc(n2)-c2csc(n2)[C@H]([C@@H](O)c2ccccc2)NC(=O)CNC(=O)c2nc(sc2COC)[C@H](C(C)C)NC(=O)c2nc1sc2C. The third kappa shape index (κ3) is 13.1. The number of hydrogen-bond acceptors (Lipinski definition) is 23. The smallest absolute Gasteiger partial charge is 0.412 e. The number of fused-ring (bicyclic) bond motifs is 14. The van der Waals surface area contributed by atoms with E-state index in [1.165, 1.54) is 70.8 Å². The van der Waals surface area contributed by atoms with Gasteiger partial charge in [0.25, 0.3) is 17.7 Å². The topological polar surface area (TPSA) is 324 Å². The van der Waals surface area contributed by atoms with Crippen molar-refractivity contribution in [2.45, 2.75) is 58.0 Å². The van der Waals surface area contributed by atoms with E-state index >= 15 is 0 Å². The van der Waals surface area contributed by atoms with Crippen LogP contribution < -0.4 is 31.9 Å². The van der Waals surface area contributed by atoms with E-state index in [0.717, 1.165) is 11.3 Å². The molecule has 0 radical (unpaired) electrons. The van der Waals surface area contributed by atoms with Crippen molar-refractivity contribution >= 4 is 109 Å². The van der Waals surface area contributed by atoms with Crippen molar-refractivity contribution in [3.8, 4) is 43.4 Å². The maximum Gasteiger partial charge on any atom is 0.412 e. The third-order valence-corrected chi connectivity index (χ3v) is 17.5. The highest BCUT2D eigenvalue weighted by Gasteiger charge is 2.33. The van der Waals surface area contributed by atoms with Crippen LogP contribution in [-0.4, -0.2) is 115 Å². The van der Waals surface area contributed by atoms with E-state index in [2.05, 4.69) is 46.9 Å². The second-order valence-corrected chi connectivity index (χ2v) is 23.5. The van der Waals surface area contributed by atoms with Crippen molar-refractivity contribution in [1.82, 2.24) is 61.5 Å². The molecule has 10 bridgehead atoms. The number of nitrogens with one attached hydrogen (secondary N) is 6. The molecule has 0 spiro atoms. The zero-order valence-electron chi connectivity index (χ0n) is 42.5. The zero-order valence-corrected chi connectivity index (χ0v) is 47.4. The molecular formula is C50H49N13O10S6. The summed E-state index contributed by atoms with van der Waals surface area (Å²) in [6, 6.07) is 9.44. The molecule has 1 aliphatic rings. The normalized spacial score (nSPS) is 16.5. The van der Waals surface area contributed by atoms with Crippen LogP contribution in [-0.2, 0) is 25.7 Å². The van der Waals surface area contributed by atoms with Crippen molar-refractivity contribution < 1.29 is 48.5 Å². The van der Waals surface area contributed by atoms with Gasteiger partial charge in [-0.1, -0.05) is 44.2 Å². The summed E-state index contributed by atoms with van der Waals surface area (Å²) in [5, 5.41) is 46.5. The number of methoxy groups -OCH3 is 1. The van der Waals surface area contributed by atoms with Crippen LogP contribution in [0.2, 0.25) is 0 Å². The summed E-state index contributed by atoms with van der Waals surface area (Å²) < 4.78 is 10.4. The van der Waals surface area contributed by atoms with Gasteiger partial charge in [-0.2, -0.15) is 0 Å². The lowest BCUT2D eigenvalue weighted by molar-refractivity contribution is -0.122. The number of aliphatic hydroxyl groups excluding tert-OH is 2. The second-order valence-electron chi connectivity index (χ2n) is 17.7. The molecule has 8 N–H and O–H groups in total. The van der Waals surface area contributed by atoms with Gasteiger partial charge >= 0.3 is 6.09 Å². The molecular weight excluding hydrogens is 1140 g/mol. The zero-order chi connectivity index (χ0) is 55.9. The monoisotopic (exact) mass is 1180 g/mol. The van der Waals surface area contributed by atoms with Crippen LogP contribution in [0.25, 0.3) is 43.4 Å². The lowest BCUT2D eigenvalue weighted by Crippen LogP contribution is -2.40. The number of aromatic nitrogens is 7. The lowest BCUT2D eigenvalue weighted by atomic mass is 10.0. The number of amides is 6. The predicted molar refractivity (Wildman–Crippen MR) is 299 cm³/mol. The maximum atomic E-state index is 14.2. The Labute approximate surface area is 474 Å². The van der Waals surface area contributed by atoms with Gasteiger partial charge in [0, 0.05) is 46.1 Å². The van der Waals surface area contributed by atoms with E-state index in [-0.39, 0.29) is 60.1 Å². The molecule has 9 rings (SSSR count). The van der Waals surface area contributed by atoms with Gasteiger partial charge in [0.2, 0.25) is 11.8 Å². The summed E-state index contributed by atoms with van der Waals surface area (Å²) >= 11 is 7.12. The number of hydrogen-bond donors (Lipinski definition) is 8. The highest BCUT2D eigenvalue weighted by Crippen LogP contribution is 2.40. The molecule has 1 aromatic carbocycles. The molecule has 23 nitrogen and oxygen atoms in total. The summed E-state index contributed by atoms with van der Waals surface area (Å²) in [6.07, 6.45) is -2.29. The second kappa shape index (κ2) is 25.2. The number of carbonyl (C=O) groups excluding carboxylic acids is 6. The van der Waals surface area contributed by atoms with Gasteiger partial charge in [-0.25, -0.2) is 39.7 Å². The maximum absolute atomic E-state index is 14.2. The number of aryl methyl sites for hydroxylation is 1. The van der Waals surface area contributed by atoms with Crippen LogP contribution in [0.1, 0.15) is 106 Å². The average molecular weight is 1180 g/mol. The third-order valence-electron chi connectivity index (χ3n) is 11.8. The highest BCUT2D eigenvalue weighted by atomic mass is 32.1. The Morgan fingerprint density at radius 1 is 0.722 bits per heavy atom. The molecule has 410 valence electrons. The van der Waals surface area contributed by atoms with E-state index in [1.807, 2.05) is 13.8 Å². The van der Waals surface area contributed by atoms with Crippen molar-refractivity contribution in [3.63, 3.8) is 0 Å². The molecule has 79 heavy (non-hydrogen) atoms. The van der Waals surface area contributed by atoms with Gasteiger partial charge in [-0.05, 0) is 30.5 Å². The molecule has 0 fully saturated rings. The van der Waals surface area contributed by atoms with Gasteiger partial charge < -0.3 is 46.3 Å². The quantitative estimate of drug-likeness (QED) is 0.0656. The first-order valence-corrected chi connectivity index (χ1v) is 29.2. The fourth-order valence-electron chi connectivity index (χ4n) is 7.92. The number of benzene rings is 1. The Hall–Kier alpha value is -7.35. The number of nitrogens with zero attached hydrogens (tertiary/aromatic N) is 7. The Morgan fingerprint density at radius 3 is 2.20 bits per heavy atom. The first kappa shape index (κ1) is 56.4. The minimum atomic E-state index is -1.28. The number of pyridine rings is 1. The van der Waals surface area contributed by atoms with Crippen molar-refractivity contribution in [3.05, 3.63) is 111 Å². The van der Waals surface area contributed by atoms with Crippen molar-refractivity contribution in [1.29, 1.82) is 0 Å². The van der Waals surface area contributed by atoms with E-state index in [9.17, 15) is 33.9 Å². The fraction of sp³-hybridized carbons (Fsp3) is 0.300. The van der Waals surface area contributed by atoms with Crippen LogP contribution in [0.4, 0.5) is 10.6 Å². The van der Waals surface area contributed by atoms with Crippen LogP contribution in [0.5, 0.6) is 0 Å². The van der Waals surface area contributed by atoms with Crippen molar-refractivity contribution in [2.75, 3.05) is 39.2 Å². The first-order chi connectivity index (χ1) is 38.1. The minimum Gasteiger partial charge on any atom is -0.447 e. The molecule has 0 saturated heterocycles. The lowest BCUT2D eigenvalue weighted by Gasteiger charge is -2.23. The first-order valence-electron chi connectivity index (χ1n) is 24.1. The number of carbonyl (C=O) groups is 6. The molecule has 6 amide bonds. The van der Waals surface area contributed by atoms with E-state index in [1.54, 1.807) is 70.9 Å². The number of ether oxygens (including phenoxy) is 2. The van der Waals surface area contributed by atoms with Crippen molar-refractivity contribution in [2.24, 2.45) is 5.92 Å². The Balaban J connectivity index is 1.13. The molecule has 0 unspecified atom stereocenters. The molecule has 29 heteroatoms. The molecule has 1 aliphatic heterocycles. The van der Waals surface area contributed by atoms with Crippen LogP contribution in [0, 0.1) is 12.8 Å². The number of anilines is 1. The molecule has 8 aromatic rings. The average Bonchev–Trinajstić information content (AvgIpc) is 4.35. The van der Waals surface area contributed by atoms with Gasteiger partial charge in [-0.3, -0.25) is 29.3 Å². The Bertz CT molecular complexity index is 3540. The molecule has 0 saturated carbocycles. The van der Waals surface area contributed by atoms with Crippen LogP contribution in [0.15, 0.2) is 64.0 Å². The van der Waals surface area contributed by atoms with E-state index in [4.69, 9.17) is 34.5 Å². The molecule has 4 atom stereocenters. The number of rotatable bonds is 11. The van der Waals surface area contributed by atoms with Crippen LogP contribution >= 0.6 is 68.0 Å². The Kier molecular flexibility index (Phi) is 18.0. The predicted octanol–water partition coefficient (Wildman–Crippen LogP) is 6.85. The van der Waals surface area contributed by atoms with E-state index in [0.29, 0.717) is 68.7 Å². The van der Waals surface area contributed by atoms with Gasteiger partial charge in [-0.15, -0.1) is 68.0 Å². The van der Waals surface area contributed by atoms with Gasteiger partial charge in [0.05, 0.1) is 48.8 Å². The number of aliphatic hydroxyl groups is 2. The summed E-state index contributed by atoms with van der Waals surface area (Å²) in [7, 11) is 2.94. The standard InChI is InChI=1S/C50H49N13O10S6/c1-22(2)35-49-63-38(31(79-49)17-72-5)42(69)52-16-34(66)60-39(40(67)24-9-7-6-8-10-24)48-57-30(20-76-48)46-55-28(18-75-46)37-25(11-12-26(53-37)45-58-32(21-77-45)59-50(71)73-14-13-64)44-56-29(19-74-44)41(68)54-27(15-33(65)51-4)47-62-36(23(3)78-47)43(70)61-35/h6-12,18-22,27,35,39-40,64,67H,13-17H2,1-5H3,(H,51,65)(H,52,69)(H,54,68)(H,59,71)(H,60,66)(H,61,70)/t27-,35-,39-,40-/m0/s1. The van der Waals surface area contributed by atoms with Gasteiger partial charge in [0.15, 0.2) is 0 Å². The van der Waals surface area contributed by atoms with Crippen LogP contribution in [0.3, 0.4) is 0 Å². The van der Waals surface area contributed by atoms with Gasteiger partial charge in [0.1, 0.15) is 88.8 Å². The van der Waals surface area contributed by atoms with E-state index < -0.39 is 66.4 Å². The summed E-state index contributed by atoms with van der Waals surface area (Å²) in [6.45, 7) is 4.41. The summed E-state index contributed by atoms with van der Waals surface area (Å²) in [4.78, 5) is 116. The minimum absolute atomic E-state index is 0.00259.